The van der Waals surface area contributed by atoms with Crippen LogP contribution < -0.4 is 0 Å². The van der Waals surface area contributed by atoms with Gasteiger partial charge in [-0.3, -0.25) is 0 Å². The summed E-state index contributed by atoms with van der Waals surface area (Å²) in [5.74, 6) is 1.77. The standard InChI is InChI=1S/C19H23NS/c1-20(2)12-16-11-13-6-7-15(10-13)18(16)17-5-3-4-14-8-9-21-19(14)17/h3-5,8-9,13,15H,6-7,10-12H2,1-2H3/t13-,15-/m1/s1. The van der Waals surface area contributed by atoms with Gasteiger partial charge < -0.3 is 4.90 Å². The van der Waals surface area contributed by atoms with Gasteiger partial charge in [-0.25, -0.2) is 0 Å². The predicted molar refractivity (Wildman–Crippen MR) is 92.7 cm³/mol. The molecule has 1 fully saturated rings. The zero-order valence-electron chi connectivity index (χ0n) is 12.9. The Morgan fingerprint density at radius 3 is 2.95 bits per heavy atom. The Hall–Kier alpha value is -1.12. The van der Waals surface area contributed by atoms with Crippen LogP contribution in [0, 0.1) is 11.8 Å². The largest absolute Gasteiger partial charge is 0.305 e. The van der Waals surface area contributed by atoms with Gasteiger partial charge in [0, 0.05) is 11.2 Å². The molecule has 0 radical (unpaired) electrons. The van der Waals surface area contributed by atoms with Crippen LogP contribution in [0.3, 0.4) is 0 Å². The summed E-state index contributed by atoms with van der Waals surface area (Å²) in [6.45, 7) is 1.13. The molecule has 2 aliphatic carbocycles. The first-order valence-electron chi connectivity index (χ1n) is 8.05. The molecule has 2 bridgehead atoms. The van der Waals surface area contributed by atoms with Gasteiger partial charge in [0.1, 0.15) is 0 Å². The quantitative estimate of drug-likeness (QED) is 0.767. The highest BCUT2D eigenvalue weighted by atomic mass is 32.1. The summed E-state index contributed by atoms with van der Waals surface area (Å²) in [7, 11) is 4.40. The summed E-state index contributed by atoms with van der Waals surface area (Å²) >= 11 is 1.91. The number of nitrogens with zero attached hydrogens (tertiary/aromatic N) is 1. The molecule has 1 aromatic carbocycles. The lowest BCUT2D eigenvalue weighted by atomic mass is 9.79. The topological polar surface area (TPSA) is 3.24 Å². The summed E-state index contributed by atoms with van der Waals surface area (Å²) in [6.07, 6.45) is 5.59. The van der Waals surface area contributed by atoms with Crippen LogP contribution in [0.4, 0.5) is 0 Å². The molecule has 2 atom stereocenters. The Balaban J connectivity index is 1.89. The minimum absolute atomic E-state index is 0.811. The van der Waals surface area contributed by atoms with E-state index in [0.717, 1.165) is 18.4 Å². The monoisotopic (exact) mass is 297 g/mol. The SMILES string of the molecule is CN(C)CC1=C(c2cccc3ccsc23)[C@@H]2CC[C@@H](C1)C2. The Kier molecular flexibility index (Phi) is 3.39. The average Bonchev–Trinajstić information content (AvgIpc) is 3.05. The van der Waals surface area contributed by atoms with Crippen LogP contribution in [-0.2, 0) is 0 Å². The van der Waals surface area contributed by atoms with Gasteiger partial charge >= 0.3 is 0 Å². The van der Waals surface area contributed by atoms with E-state index in [-0.39, 0.29) is 0 Å². The second-order valence-corrected chi connectivity index (χ2v) is 7.90. The van der Waals surface area contributed by atoms with Crippen molar-refractivity contribution < 1.29 is 0 Å². The van der Waals surface area contributed by atoms with Crippen molar-refractivity contribution in [2.75, 3.05) is 20.6 Å². The molecule has 1 aromatic heterocycles. The van der Waals surface area contributed by atoms with Crippen LogP contribution in [0.15, 0.2) is 35.2 Å². The summed E-state index contributed by atoms with van der Waals surface area (Å²) in [5, 5.41) is 3.65. The molecule has 0 saturated heterocycles. The van der Waals surface area contributed by atoms with Crippen LogP contribution >= 0.6 is 11.3 Å². The van der Waals surface area contributed by atoms with Gasteiger partial charge in [-0.1, -0.05) is 23.8 Å². The molecule has 4 rings (SSSR count). The van der Waals surface area contributed by atoms with Crippen molar-refractivity contribution in [2.45, 2.75) is 25.7 Å². The van der Waals surface area contributed by atoms with Crippen LogP contribution in [0.1, 0.15) is 31.2 Å². The normalized spacial score (nSPS) is 25.3. The summed E-state index contributed by atoms with van der Waals surface area (Å²) in [6, 6.07) is 9.12. The zero-order valence-corrected chi connectivity index (χ0v) is 13.7. The van der Waals surface area contributed by atoms with Gasteiger partial charge in [0.15, 0.2) is 0 Å². The van der Waals surface area contributed by atoms with Crippen molar-refractivity contribution in [3.63, 3.8) is 0 Å². The van der Waals surface area contributed by atoms with Gasteiger partial charge in [-0.2, -0.15) is 0 Å². The minimum atomic E-state index is 0.811. The van der Waals surface area contributed by atoms with Crippen molar-refractivity contribution in [1.82, 2.24) is 4.90 Å². The molecule has 0 N–H and O–H groups in total. The van der Waals surface area contributed by atoms with Crippen molar-refractivity contribution in [3.8, 4) is 0 Å². The first kappa shape index (κ1) is 13.5. The lowest BCUT2D eigenvalue weighted by Gasteiger charge is -2.29. The highest BCUT2D eigenvalue weighted by Gasteiger charge is 2.35. The number of rotatable bonds is 3. The number of hydrogen-bond donors (Lipinski definition) is 0. The maximum absolute atomic E-state index is 2.36. The summed E-state index contributed by atoms with van der Waals surface area (Å²) < 4.78 is 1.49. The first-order valence-corrected chi connectivity index (χ1v) is 8.93. The van der Waals surface area contributed by atoms with E-state index in [1.54, 1.807) is 11.1 Å². The fourth-order valence-electron chi connectivity index (χ4n) is 4.42. The number of hydrogen-bond acceptors (Lipinski definition) is 2. The number of allylic oxidation sites excluding steroid dienone is 1. The van der Waals surface area contributed by atoms with E-state index in [0.29, 0.717) is 0 Å². The van der Waals surface area contributed by atoms with Gasteiger partial charge in [0.2, 0.25) is 0 Å². The van der Waals surface area contributed by atoms with Crippen LogP contribution in [-0.4, -0.2) is 25.5 Å². The maximum Gasteiger partial charge on any atom is 0.0417 e. The third-order valence-corrected chi connectivity index (χ3v) is 6.11. The number of benzene rings is 1. The molecule has 21 heavy (non-hydrogen) atoms. The second-order valence-electron chi connectivity index (χ2n) is 6.98. The maximum atomic E-state index is 2.36. The fraction of sp³-hybridized carbons (Fsp3) is 0.474. The molecule has 2 heteroatoms. The van der Waals surface area contributed by atoms with Gasteiger partial charge in [0.25, 0.3) is 0 Å². The van der Waals surface area contributed by atoms with Crippen molar-refractivity contribution >= 4 is 27.0 Å². The third-order valence-electron chi connectivity index (χ3n) is 5.14. The Morgan fingerprint density at radius 1 is 1.19 bits per heavy atom. The molecule has 0 aliphatic heterocycles. The molecule has 2 aromatic rings. The van der Waals surface area contributed by atoms with E-state index in [9.17, 15) is 0 Å². The van der Waals surface area contributed by atoms with Crippen molar-refractivity contribution in [2.24, 2.45) is 11.8 Å². The van der Waals surface area contributed by atoms with Crippen LogP contribution in [0.25, 0.3) is 15.7 Å². The molecule has 1 heterocycles. The minimum Gasteiger partial charge on any atom is -0.305 e. The lowest BCUT2D eigenvalue weighted by Crippen LogP contribution is -2.21. The molecule has 2 aliphatic rings. The summed E-state index contributed by atoms with van der Waals surface area (Å²) in [5.41, 5.74) is 4.94. The van der Waals surface area contributed by atoms with Crippen molar-refractivity contribution in [3.05, 3.63) is 40.8 Å². The molecule has 1 nitrogen and oxygen atoms in total. The van der Waals surface area contributed by atoms with Crippen LogP contribution in [0.2, 0.25) is 0 Å². The molecule has 0 amide bonds. The second kappa shape index (κ2) is 5.26. The van der Waals surface area contributed by atoms with E-state index in [1.165, 1.54) is 41.3 Å². The number of thiophene rings is 1. The van der Waals surface area contributed by atoms with E-state index in [2.05, 4.69) is 48.6 Å². The number of likely N-dealkylation sites (N-methyl/N-ethyl adjacent to an activating group) is 1. The zero-order chi connectivity index (χ0) is 14.4. The fourth-order valence-corrected chi connectivity index (χ4v) is 5.34. The van der Waals surface area contributed by atoms with Crippen LogP contribution in [0.5, 0.6) is 0 Å². The smallest absolute Gasteiger partial charge is 0.0417 e. The highest BCUT2D eigenvalue weighted by molar-refractivity contribution is 7.17. The van der Waals surface area contributed by atoms with E-state index in [1.807, 2.05) is 11.3 Å². The lowest BCUT2D eigenvalue weighted by molar-refractivity contribution is 0.413. The van der Waals surface area contributed by atoms with Gasteiger partial charge in [-0.15, -0.1) is 11.3 Å². The molecular formula is C19H23NS. The molecule has 1 saturated carbocycles. The van der Waals surface area contributed by atoms with E-state index < -0.39 is 0 Å². The summed E-state index contributed by atoms with van der Waals surface area (Å²) in [4.78, 5) is 2.34. The van der Waals surface area contributed by atoms with Gasteiger partial charge in [0.05, 0.1) is 0 Å². The molecule has 0 unspecified atom stereocenters. The number of fused-ring (bicyclic) bond motifs is 3. The van der Waals surface area contributed by atoms with E-state index >= 15 is 0 Å². The third kappa shape index (κ3) is 2.35. The molecule has 110 valence electrons. The highest BCUT2D eigenvalue weighted by Crippen LogP contribution is 2.50. The van der Waals surface area contributed by atoms with Gasteiger partial charge in [-0.05, 0) is 79.6 Å². The Morgan fingerprint density at radius 2 is 2.10 bits per heavy atom. The Labute approximate surface area is 131 Å². The van der Waals surface area contributed by atoms with Crippen molar-refractivity contribution in [1.29, 1.82) is 0 Å². The average molecular weight is 297 g/mol. The predicted octanol–water partition coefficient (Wildman–Crippen LogP) is 5.04. The first-order chi connectivity index (χ1) is 10.2. The molecular weight excluding hydrogens is 274 g/mol. The molecule has 0 spiro atoms. The van der Waals surface area contributed by atoms with E-state index in [4.69, 9.17) is 0 Å². The Bertz CT molecular complexity index is 694.